The quantitative estimate of drug-likeness (QED) is 0.812. The maximum Gasteiger partial charge on any atom is 0.409 e. The van der Waals surface area contributed by atoms with E-state index in [1.807, 2.05) is 11.8 Å². The molecule has 0 bridgehead atoms. The number of carbonyl (C=O) groups is 1. The molecule has 2 rings (SSSR count). The van der Waals surface area contributed by atoms with E-state index < -0.39 is 0 Å². The van der Waals surface area contributed by atoms with Gasteiger partial charge in [-0.25, -0.2) is 4.79 Å². The first kappa shape index (κ1) is 17.3. The van der Waals surface area contributed by atoms with Crippen LogP contribution >= 0.6 is 0 Å². The third-order valence-electron chi connectivity index (χ3n) is 5.14. The van der Waals surface area contributed by atoms with Gasteiger partial charge in [0.15, 0.2) is 0 Å². The standard InChI is InChI=1S/C17H31N3O2/c1-3-16(18)14-7-11-19(12-8-14)15-6-5-10-20(13-9-15)17(21)22-4-2/h14-15,18H,3-13H2,1-2H3. The molecule has 0 aromatic heterocycles. The number of rotatable bonds is 4. The lowest BCUT2D eigenvalue weighted by Gasteiger charge is -2.37. The maximum atomic E-state index is 11.9. The van der Waals surface area contributed by atoms with Crippen molar-refractivity contribution in [3.63, 3.8) is 0 Å². The molecule has 2 heterocycles. The van der Waals surface area contributed by atoms with Crippen LogP contribution in [0.2, 0.25) is 0 Å². The summed E-state index contributed by atoms with van der Waals surface area (Å²) in [7, 11) is 0. The predicted molar refractivity (Wildman–Crippen MR) is 88.5 cm³/mol. The number of carbonyl (C=O) groups excluding carboxylic acids is 1. The summed E-state index contributed by atoms with van der Waals surface area (Å²) in [5.41, 5.74) is 0.925. The lowest BCUT2D eigenvalue weighted by atomic mass is 9.89. The van der Waals surface area contributed by atoms with E-state index in [2.05, 4.69) is 11.8 Å². The van der Waals surface area contributed by atoms with Crippen molar-refractivity contribution in [3.05, 3.63) is 0 Å². The molecule has 2 fully saturated rings. The molecular formula is C17H31N3O2. The van der Waals surface area contributed by atoms with Gasteiger partial charge in [-0.15, -0.1) is 0 Å². The average Bonchev–Trinajstić information content (AvgIpc) is 2.80. The molecule has 1 amide bonds. The monoisotopic (exact) mass is 309 g/mol. The van der Waals surface area contributed by atoms with Gasteiger partial charge in [-0.2, -0.15) is 0 Å². The molecule has 126 valence electrons. The first-order valence-corrected chi connectivity index (χ1v) is 8.88. The highest BCUT2D eigenvalue weighted by molar-refractivity contribution is 5.83. The summed E-state index contributed by atoms with van der Waals surface area (Å²) in [5.74, 6) is 0.503. The van der Waals surface area contributed by atoms with Crippen molar-refractivity contribution in [1.29, 1.82) is 5.41 Å². The van der Waals surface area contributed by atoms with Gasteiger partial charge in [-0.05, 0) is 64.5 Å². The number of likely N-dealkylation sites (tertiary alicyclic amines) is 2. The van der Waals surface area contributed by atoms with Crippen molar-refractivity contribution < 1.29 is 9.53 Å². The lowest BCUT2D eigenvalue weighted by Crippen LogP contribution is -2.43. The fourth-order valence-corrected chi connectivity index (χ4v) is 3.74. The van der Waals surface area contributed by atoms with Gasteiger partial charge in [0, 0.05) is 24.8 Å². The van der Waals surface area contributed by atoms with Gasteiger partial charge in [-0.1, -0.05) is 6.92 Å². The summed E-state index contributed by atoms with van der Waals surface area (Å²) >= 11 is 0. The highest BCUT2D eigenvalue weighted by atomic mass is 16.6. The zero-order valence-electron chi connectivity index (χ0n) is 14.1. The van der Waals surface area contributed by atoms with Gasteiger partial charge in [-0.3, -0.25) is 0 Å². The van der Waals surface area contributed by atoms with E-state index in [0.717, 1.165) is 64.0 Å². The van der Waals surface area contributed by atoms with E-state index in [0.29, 0.717) is 18.6 Å². The molecule has 5 heteroatoms. The number of hydrogen-bond donors (Lipinski definition) is 1. The van der Waals surface area contributed by atoms with Crippen LogP contribution in [-0.4, -0.2) is 60.4 Å². The van der Waals surface area contributed by atoms with Crippen molar-refractivity contribution in [2.24, 2.45) is 5.92 Å². The van der Waals surface area contributed by atoms with Crippen LogP contribution in [0.15, 0.2) is 0 Å². The molecule has 2 aliphatic heterocycles. The number of piperidine rings is 1. The Hall–Kier alpha value is -1.10. The number of nitrogens with one attached hydrogen (secondary N) is 1. The smallest absolute Gasteiger partial charge is 0.409 e. The largest absolute Gasteiger partial charge is 0.450 e. The third kappa shape index (κ3) is 4.45. The third-order valence-corrected chi connectivity index (χ3v) is 5.14. The molecule has 2 saturated heterocycles. The molecule has 2 aliphatic rings. The first-order chi connectivity index (χ1) is 10.7. The van der Waals surface area contributed by atoms with Crippen molar-refractivity contribution in [3.8, 4) is 0 Å². The molecule has 0 aromatic rings. The average molecular weight is 309 g/mol. The van der Waals surface area contributed by atoms with Crippen LogP contribution < -0.4 is 0 Å². The summed E-state index contributed by atoms with van der Waals surface area (Å²) in [5, 5.41) is 8.01. The second kappa shape index (κ2) is 8.51. The van der Waals surface area contributed by atoms with Crippen LogP contribution in [-0.2, 0) is 4.74 Å². The molecule has 5 nitrogen and oxygen atoms in total. The van der Waals surface area contributed by atoms with E-state index in [1.54, 1.807) is 0 Å². The van der Waals surface area contributed by atoms with E-state index in [4.69, 9.17) is 10.1 Å². The summed E-state index contributed by atoms with van der Waals surface area (Å²) in [4.78, 5) is 16.3. The SMILES string of the molecule is CCOC(=O)N1CCCC(N2CCC(C(=N)CC)CC2)CC1. The Morgan fingerprint density at radius 3 is 2.45 bits per heavy atom. The van der Waals surface area contributed by atoms with Crippen molar-refractivity contribution in [1.82, 2.24) is 9.80 Å². The van der Waals surface area contributed by atoms with Crippen LogP contribution in [0, 0.1) is 11.3 Å². The number of ether oxygens (including phenoxy) is 1. The highest BCUT2D eigenvalue weighted by Crippen LogP contribution is 2.25. The number of nitrogens with zero attached hydrogens (tertiary/aromatic N) is 2. The van der Waals surface area contributed by atoms with Crippen LogP contribution in [0.25, 0.3) is 0 Å². The molecule has 0 saturated carbocycles. The van der Waals surface area contributed by atoms with E-state index >= 15 is 0 Å². The fraction of sp³-hybridized carbons (Fsp3) is 0.882. The summed E-state index contributed by atoms with van der Waals surface area (Å²) < 4.78 is 5.12. The molecule has 0 spiro atoms. The second-order valence-corrected chi connectivity index (χ2v) is 6.46. The normalized spacial score (nSPS) is 24.8. The van der Waals surface area contributed by atoms with Crippen molar-refractivity contribution in [2.75, 3.05) is 32.8 Å². The van der Waals surface area contributed by atoms with Crippen LogP contribution in [0.1, 0.15) is 52.4 Å². The Labute approximate surface area is 134 Å². The Morgan fingerprint density at radius 1 is 1.09 bits per heavy atom. The Bertz CT molecular complexity index is 378. The Balaban J connectivity index is 1.80. The zero-order chi connectivity index (χ0) is 15.9. The van der Waals surface area contributed by atoms with E-state index in [-0.39, 0.29) is 6.09 Å². The maximum absolute atomic E-state index is 11.9. The topological polar surface area (TPSA) is 56.6 Å². The Kier molecular flexibility index (Phi) is 6.68. The molecule has 1 unspecified atom stereocenters. The summed E-state index contributed by atoms with van der Waals surface area (Å²) in [6.07, 6.45) is 6.28. The molecule has 0 aromatic carbocycles. The molecule has 22 heavy (non-hydrogen) atoms. The van der Waals surface area contributed by atoms with Gasteiger partial charge in [0.05, 0.1) is 6.61 Å². The van der Waals surface area contributed by atoms with Crippen LogP contribution in [0.4, 0.5) is 4.79 Å². The zero-order valence-corrected chi connectivity index (χ0v) is 14.1. The minimum absolute atomic E-state index is 0.154. The summed E-state index contributed by atoms with van der Waals surface area (Å²) in [6, 6.07) is 0.594. The molecule has 1 N–H and O–H groups in total. The highest BCUT2D eigenvalue weighted by Gasteiger charge is 2.29. The lowest BCUT2D eigenvalue weighted by molar-refractivity contribution is 0.105. The van der Waals surface area contributed by atoms with Crippen LogP contribution in [0.3, 0.4) is 0 Å². The Morgan fingerprint density at radius 2 is 1.82 bits per heavy atom. The fourth-order valence-electron chi connectivity index (χ4n) is 3.74. The predicted octanol–water partition coefficient (Wildman–Crippen LogP) is 3.14. The number of amides is 1. The second-order valence-electron chi connectivity index (χ2n) is 6.46. The van der Waals surface area contributed by atoms with Crippen molar-refractivity contribution >= 4 is 11.8 Å². The van der Waals surface area contributed by atoms with Gasteiger partial charge in [0.25, 0.3) is 0 Å². The minimum atomic E-state index is -0.154. The summed E-state index contributed by atoms with van der Waals surface area (Å²) in [6.45, 7) is 8.25. The van der Waals surface area contributed by atoms with Gasteiger partial charge in [0.2, 0.25) is 0 Å². The van der Waals surface area contributed by atoms with E-state index in [1.165, 1.54) is 6.42 Å². The first-order valence-electron chi connectivity index (χ1n) is 8.88. The van der Waals surface area contributed by atoms with Gasteiger partial charge < -0.3 is 19.9 Å². The van der Waals surface area contributed by atoms with Gasteiger partial charge >= 0.3 is 6.09 Å². The number of hydrogen-bond acceptors (Lipinski definition) is 4. The minimum Gasteiger partial charge on any atom is -0.450 e. The van der Waals surface area contributed by atoms with E-state index in [9.17, 15) is 4.79 Å². The van der Waals surface area contributed by atoms with Crippen LogP contribution in [0.5, 0.6) is 0 Å². The van der Waals surface area contributed by atoms with Crippen molar-refractivity contribution in [2.45, 2.75) is 58.4 Å². The molecule has 0 aliphatic carbocycles. The van der Waals surface area contributed by atoms with Gasteiger partial charge in [0.1, 0.15) is 0 Å². The molecule has 1 atom stereocenters. The molecule has 0 radical (unpaired) electrons. The molecular weight excluding hydrogens is 278 g/mol.